The minimum atomic E-state index is -0.591. The molecule has 1 unspecified atom stereocenters. The van der Waals surface area contributed by atoms with Crippen molar-refractivity contribution >= 4 is 41.5 Å². The molecule has 1 saturated heterocycles. The van der Waals surface area contributed by atoms with Gasteiger partial charge in [-0.3, -0.25) is 9.89 Å². The average molecular weight is 555 g/mol. The Bertz CT molecular complexity index is 665. The number of ether oxygens (including phenoxy) is 1. The van der Waals surface area contributed by atoms with Crippen LogP contribution < -0.4 is 5.32 Å². The number of aliphatic imine (C=N–C) groups is 1. The zero-order valence-corrected chi connectivity index (χ0v) is 20.6. The van der Waals surface area contributed by atoms with E-state index < -0.39 is 6.10 Å². The molecule has 6 nitrogen and oxygen atoms in total. The maximum Gasteiger partial charge on any atom is 0.194 e. The second kappa shape index (κ2) is 13.0. The smallest absolute Gasteiger partial charge is 0.194 e. The first kappa shape index (κ1) is 25.6. The van der Waals surface area contributed by atoms with Crippen LogP contribution in [0.25, 0.3) is 0 Å². The minimum Gasteiger partial charge on any atom is -0.389 e. The van der Waals surface area contributed by atoms with Crippen LogP contribution in [0.1, 0.15) is 25.3 Å². The van der Waals surface area contributed by atoms with Crippen LogP contribution in [0, 0.1) is 11.7 Å². The van der Waals surface area contributed by atoms with E-state index in [9.17, 15) is 9.50 Å². The van der Waals surface area contributed by atoms with Crippen LogP contribution in [0.5, 0.6) is 0 Å². The molecule has 2 fully saturated rings. The molecule has 1 atom stereocenters. The van der Waals surface area contributed by atoms with Crippen LogP contribution in [0.3, 0.4) is 0 Å². The summed E-state index contributed by atoms with van der Waals surface area (Å²) in [6.07, 6.45) is 1.90. The molecule has 1 aliphatic heterocycles. The van der Waals surface area contributed by atoms with E-state index in [2.05, 4.69) is 20.1 Å². The van der Waals surface area contributed by atoms with Gasteiger partial charge in [-0.1, -0.05) is 17.7 Å². The summed E-state index contributed by atoms with van der Waals surface area (Å²) in [4.78, 5) is 8.97. The number of guanidine groups is 1. The summed E-state index contributed by atoms with van der Waals surface area (Å²) in [6.45, 7) is 7.84. The fourth-order valence-electron chi connectivity index (χ4n) is 3.35. The van der Waals surface area contributed by atoms with Gasteiger partial charge in [-0.25, -0.2) is 4.39 Å². The third-order valence-electron chi connectivity index (χ3n) is 5.26. The summed E-state index contributed by atoms with van der Waals surface area (Å²) >= 11 is 6.16. The lowest BCUT2D eigenvalue weighted by Gasteiger charge is -2.36. The molecule has 1 heterocycles. The van der Waals surface area contributed by atoms with Crippen LogP contribution in [0.2, 0.25) is 5.02 Å². The fourth-order valence-corrected chi connectivity index (χ4v) is 3.57. The van der Waals surface area contributed by atoms with Crippen molar-refractivity contribution in [2.75, 3.05) is 52.5 Å². The summed E-state index contributed by atoms with van der Waals surface area (Å²) in [6, 6.07) is 4.81. The number of nitrogens with one attached hydrogen (secondary N) is 1. The van der Waals surface area contributed by atoms with Crippen molar-refractivity contribution in [2.24, 2.45) is 10.9 Å². The molecule has 170 valence electrons. The highest BCUT2D eigenvalue weighted by atomic mass is 127. The van der Waals surface area contributed by atoms with Gasteiger partial charge in [-0.05, 0) is 37.8 Å². The van der Waals surface area contributed by atoms with Gasteiger partial charge in [0, 0.05) is 56.5 Å². The zero-order chi connectivity index (χ0) is 20.6. The van der Waals surface area contributed by atoms with Gasteiger partial charge in [0.2, 0.25) is 0 Å². The van der Waals surface area contributed by atoms with E-state index in [0.717, 1.165) is 45.3 Å². The van der Waals surface area contributed by atoms with Gasteiger partial charge in [0.15, 0.2) is 5.96 Å². The number of piperazine rings is 1. The lowest BCUT2D eigenvalue weighted by Crippen LogP contribution is -2.52. The van der Waals surface area contributed by atoms with Crippen molar-refractivity contribution in [2.45, 2.75) is 32.4 Å². The summed E-state index contributed by atoms with van der Waals surface area (Å²) in [5.41, 5.74) is 0.553. The van der Waals surface area contributed by atoms with E-state index >= 15 is 0 Å². The number of nitrogens with zero attached hydrogens (tertiary/aromatic N) is 3. The highest BCUT2D eigenvalue weighted by Gasteiger charge is 2.23. The fraction of sp³-hybridized carbons (Fsp3) is 0.667. The van der Waals surface area contributed by atoms with Gasteiger partial charge >= 0.3 is 0 Å². The number of halogens is 3. The summed E-state index contributed by atoms with van der Waals surface area (Å²) in [5, 5.41) is 13.9. The highest BCUT2D eigenvalue weighted by Crippen LogP contribution is 2.28. The average Bonchev–Trinajstić information content (AvgIpc) is 3.53. The molecule has 0 amide bonds. The second-order valence-electron chi connectivity index (χ2n) is 7.79. The van der Waals surface area contributed by atoms with Crippen LogP contribution in [-0.4, -0.2) is 79.5 Å². The first-order chi connectivity index (χ1) is 14.1. The molecule has 0 spiro atoms. The third-order valence-corrected chi connectivity index (χ3v) is 5.62. The number of aliphatic hydroxyl groups excluding tert-OH is 1. The van der Waals surface area contributed by atoms with Crippen LogP contribution >= 0.6 is 35.6 Å². The molecular formula is C21H33ClFIN4O2. The third kappa shape index (κ3) is 8.11. The van der Waals surface area contributed by atoms with E-state index in [0.29, 0.717) is 36.2 Å². The van der Waals surface area contributed by atoms with Crippen molar-refractivity contribution in [1.29, 1.82) is 0 Å². The molecule has 9 heteroatoms. The topological polar surface area (TPSA) is 60.3 Å². The first-order valence-electron chi connectivity index (χ1n) is 10.5. The quantitative estimate of drug-likeness (QED) is 0.279. The summed E-state index contributed by atoms with van der Waals surface area (Å²) in [7, 11) is 0. The monoisotopic (exact) mass is 554 g/mol. The number of rotatable bonds is 9. The van der Waals surface area contributed by atoms with Gasteiger partial charge < -0.3 is 20.1 Å². The second-order valence-corrected chi connectivity index (χ2v) is 8.20. The number of hydrogen-bond donors (Lipinski definition) is 2. The molecule has 30 heavy (non-hydrogen) atoms. The molecule has 1 aliphatic carbocycles. The van der Waals surface area contributed by atoms with Gasteiger partial charge in [0.1, 0.15) is 5.82 Å². The van der Waals surface area contributed by atoms with E-state index in [4.69, 9.17) is 16.3 Å². The zero-order valence-electron chi connectivity index (χ0n) is 17.5. The Kier molecular flexibility index (Phi) is 11.1. The number of hydrogen-bond acceptors (Lipinski definition) is 4. The van der Waals surface area contributed by atoms with Gasteiger partial charge in [-0.15, -0.1) is 24.0 Å². The van der Waals surface area contributed by atoms with E-state index in [1.54, 1.807) is 12.1 Å². The minimum absolute atomic E-state index is 0. The van der Waals surface area contributed by atoms with Crippen LogP contribution in [0.4, 0.5) is 4.39 Å². The van der Waals surface area contributed by atoms with Crippen molar-refractivity contribution in [3.05, 3.63) is 34.6 Å². The van der Waals surface area contributed by atoms with Gasteiger partial charge in [0.25, 0.3) is 0 Å². The molecule has 0 bridgehead atoms. The first-order valence-corrected chi connectivity index (χ1v) is 10.9. The molecule has 0 radical (unpaired) electrons. The Morgan fingerprint density at radius 2 is 2.07 bits per heavy atom. The predicted molar refractivity (Wildman–Crippen MR) is 129 cm³/mol. The molecule has 2 aliphatic rings. The lowest BCUT2D eigenvalue weighted by molar-refractivity contribution is 0.0367. The highest BCUT2D eigenvalue weighted by molar-refractivity contribution is 14.0. The van der Waals surface area contributed by atoms with E-state index in [1.165, 1.54) is 18.9 Å². The summed E-state index contributed by atoms with van der Waals surface area (Å²) in [5.74, 6) is 1.24. The maximum absolute atomic E-state index is 14.0. The number of benzene rings is 1. The standard InChI is InChI=1S/C21H32ClFN4O2.HI/c1-2-24-21(25-12-17(28)15-29-14-16-6-7-16)27-10-8-26(9-11-27)13-18-19(22)4-3-5-20(18)23;/h3-5,16-17,28H,2,6-15H2,1H3,(H,24,25);1H. The van der Waals surface area contributed by atoms with E-state index in [-0.39, 0.29) is 29.8 Å². The predicted octanol–water partition coefficient (Wildman–Crippen LogP) is 2.97. The maximum atomic E-state index is 14.0. The van der Waals surface area contributed by atoms with Crippen LogP contribution in [-0.2, 0) is 11.3 Å². The Hall–Kier alpha value is -0.680. The number of aliphatic hydroxyl groups is 1. The normalized spacial score (nSPS) is 18.8. The molecule has 3 rings (SSSR count). The van der Waals surface area contributed by atoms with E-state index in [1.807, 2.05) is 6.92 Å². The molecule has 0 aromatic heterocycles. The Labute approximate surface area is 200 Å². The Morgan fingerprint density at radius 1 is 1.33 bits per heavy atom. The van der Waals surface area contributed by atoms with Crippen molar-refractivity contribution in [3.63, 3.8) is 0 Å². The Balaban J connectivity index is 0.00000320. The summed E-state index contributed by atoms with van der Waals surface area (Å²) < 4.78 is 19.6. The van der Waals surface area contributed by atoms with Gasteiger partial charge in [0.05, 0.1) is 19.3 Å². The van der Waals surface area contributed by atoms with Crippen molar-refractivity contribution < 1.29 is 14.2 Å². The largest absolute Gasteiger partial charge is 0.389 e. The molecule has 1 aromatic carbocycles. The van der Waals surface area contributed by atoms with Gasteiger partial charge in [-0.2, -0.15) is 0 Å². The Morgan fingerprint density at radius 3 is 2.70 bits per heavy atom. The van der Waals surface area contributed by atoms with Crippen LogP contribution in [0.15, 0.2) is 23.2 Å². The molecular weight excluding hydrogens is 522 g/mol. The molecule has 2 N–H and O–H groups in total. The van der Waals surface area contributed by atoms with Crippen molar-refractivity contribution in [3.8, 4) is 0 Å². The lowest BCUT2D eigenvalue weighted by atomic mass is 10.2. The van der Waals surface area contributed by atoms with Crippen molar-refractivity contribution in [1.82, 2.24) is 15.1 Å². The molecule has 1 aromatic rings. The SMILES string of the molecule is CCNC(=NCC(O)COCC1CC1)N1CCN(Cc2c(F)cccc2Cl)CC1.I. The molecule has 1 saturated carbocycles.